The van der Waals surface area contributed by atoms with Gasteiger partial charge in [-0.3, -0.25) is 4.98 Å². The zero-order valence-corrected chi connectivity index (χ0v) is 12.8. The number of nitrogens with zero attached hydrogens (tertiary/aromatic N) is 1. The topological polar surface area (TPSA) is 12.9 Å². The lowest BCUT2D eigenvalue weighted by molar-refractivity contribution is 0.525. The Hall–Kier alpha value is -1.11. The van der Waals surface area contributed by atoms with Crippen molar-refractivity contribution in [1.29, 1.82) is 0 Å². The first-order chi connectivity index (χ1) is 9.11. The maximum absolute atomic E-state index is 4.58. The predicted octanol–water partition coefficient (Wildman–Crippen LogP) is 5.02. The van der Waals surface area contributed by atoms with E-state index < -0.39 is 0 Å². The molecule has 1 aromatic heterocycles. The molecule has 104 valence electrons. The Morgan fingerprint density at radius 2 is 2.11 bits per heavy atom. The van der Waals surface area contributed by atoms with Crippen molar-refractivity contribution in [2.75, 3.05) is 0 Å². The SMILES string of the molecule is C=C(CCC)C1(CCc2cnc(CC)c(C)c2)CC1. The molecule has 1 aliphatic carbocycles. The Labute approximate surface area is 118 Å². The van der Waals surface area contributed by atoms with Crippen LogP contribution < -0.4 is 0 Å². The minimum Gasteiger partial charge on any atom is -0.261 e. The molecule has 0 radical (unpaired) electrons. The summed E-state index contributed by atoms with van der Waals surface area (Å²) in [5.74, 6) is 0. The van der Waals surface area contributed by atoms with Crippen LogP contribution in [0.25, 0.3) is 0 Å². The minimum absolute atomic E-state index is 0.480. The summed E-state index contributed by atoms with van der Waals surface area (Å²) >= 11 is 0. The fourth-order valence-electron chi connectivity index (χ4n) is 3.05. The third kappa shape index (κ3) is 3.26. The van der Waals surface area contributed by atoms with E-state index in [2.05, 4.69) is 44.6 Å². The van der Waals surface area contributed by atoms with Crippen LogP contribution in [0.5, 0.6) is 0 Å². The lowest BCUT2D eigenvalue weighted by atomic mass is 9.87. The van der Waals surface area contributed by atoms with Gasteiger partial charge < -0.3 is 0 Å². The molecular formula is C18H27N. The van der Waals surface area contributed by atoms with Gasteiger partial charge in [-0.1, -0.05) is 38.5 Å². The second-order valence-corrected chi connectivity index (χ2v) is 6.09. The highest BCUT2D eigenvalue weighted by atomic mass is 14.7. The molecule has 1 heterocycles. The summed E-state index contributed by atoms with van der Waals surface area (Å²) in [7, 11) is 0. The van der Waals surface area contributed by atoms with Crippen molar-refractivity contribution in [3.8, 4) is 0 Å². The van der Waals surface area contributed by atoms with Gasteiger partial charge in [0.15, 0.2) is 0 Å². The van der Waals surface area contributed by atoms with Crippen LogP contribution in [0, 0.1) is 12.3 Å². The van der Waals surface area contributed by atoms with E-state index in [0.29, 0.717) is 5.41 Å². The average Bonchev–Trinajstić information content (AvgIpc) is 3.18. The summed E-state index contributed by atoms with van der Waals surface area (Å²) in [6, 6.07) is 2.32. The van der Waals surface area contributed by atoms with E-state index in [0.717, 1.165) is 12.8 Å². The van der Waals surface area contributed by atoms with Crippen LogP contribution in [0.2, 0.25) is 0 Å². The molecular weight excluding hydrogens is 230 g/mol. The summed E-state index contributed by atoms with van der Waals surface area (Å²) in [4.78, 5) is 4.58. The van der Waals surface area contributed by atoms with E-state index in [1.807, 2.05) is 0 Å². The van der Waals surface area contributed by atoms with Gasteiger partial charge >= 0.3 is 0 Å². The lowest BCUT2D eigenvalue weighted by Gasteiger charge is -2.18. The van der Waals surface area contributed by atoms with E-state index in [4.69, 9.17) is 0 Å². The molecule has 0 atom stereocenters. The number of hydrogen-bond acceptors (Lipinski definition) is 1. The Balaban J connectivity index is 1.96. The van der Waals surface area contributed by atoms with Gasteiger partial charge in [0, 0.05) is 11.9 Å². The van der Waals surface area contributed by atoms with Crippen LogP contribution >= 0.6 is 0 Å². The zero-order valence-electron chi connectivity index (χ0n) is 12.8. The van der Waals surface area contributed by atoms with Gasteiger partial charge in [-0.15, -0.1) is 0 Å². The normalized spacial score (nSPS) is 16.4. The number of rotatable bonds is 7. The van der Waals surface area contributed by atoms with Crippen LogP contribution in [-0.4, -0.2) is 4.98 Å². The van der Waals surface area contributed by atoms with E-state index in [1.165, 1.54) is 54.5 Å². The summed E-state index contributed by atoms with van der Waals surface area (Å²) < 4.78 is 0. The van der Waals surface area contributed by atoms with Crippen molar-refractivity contribution in [1.82, 2.24) is 4.98 Å². The minimum atomic E-state index is 0.480. The molecule has 1 heteroatoms. The maximum atomic E-state index is 4.58. The Morgan fingerprint density at radius 1 is 1.37 bits per heavy atom. The van der Waals surface area contributed by atoms with Crippen LogP contribution in [-0.2, 0) is 12.8 Å². The van der Waals surface area contributed by atoms with Gasteiger partial charge in [0.25, 0.3) is 0 Å². The van der Waals surface area contributed by atoms with Gasteiger partial charge in [-0.05, 0) is 62.0 Å². The number of aryl methyl sites for hydroxylation is 3. The molecule has 0 aliphatic heterocycles. The van der Waals surface area contributed by atoms with Crippen molar-refractivity contribution < 1.29 is 0 Å². The smallest absolute Gasteiger partial charge is 0.0430 e. The molecule has 19 heavy (non-hydrogen) atoms. The van der Waals surface area contributed by atoms with Crippen molar-refractivity contribution in [2.24, 2.45) is 5.41 Å². The van der Waals surface area contributed by atoms with E-state index in [-0.39, 0.29) is 0 Å². The lowest BCUT2D eigenvalue weighted by Crippen LogP contribution is -2.06. The van der Waals surface area contributed by atoms with E-state index >= 15 is 0 Å². The summed E-state index contributed by atoms with van der Waals surface area (Å²) in [5, 5.41) is 0. The first-order valence-corrected chi connectivity index (χ1v) is 7.74. The number of hydrogen-bond donors (Lipinski definition) is 0. The molecule has 0 N–H and O–H groups in total. The Bertz CT molecular complexity index is 455. The van der Waals surface area contributed by atoms with Crippen LogP contribution in [0.15, 0.2) is 24.4 Å². The van der Waals surface area contributed by atoms with Gasteiger partial charge in [-0.2, -0.15) is 0 Å². The molecule has 2 rings (SSSR count). The fraction of sp³-hybridized carbons (Fsp3) is 0.611. The summed E-state index contributed by atoms with van der Waals surface area (Å²) in [6.45, 7) is 10.9. The third-order valence-electron chi connectivity index (χ3n) is 4.63. The monoisotopic (exact) mass is 257 g/mol. The Kier molecular flexibility index (Phi) is 4.44. The molecule has 0 amide bonds. The standard InChI is InChI=1S/C18H27N/c1-5-7-15(4)18(10-11-18)9-8-16-12-14(3)17(6-2)19-13-16/h12-13H,4-11H2,1-3H3. The highest BCUT2D eigenvalue weighted by molar-refractivity contribution is 5.26. The predicted molar refractivity (Wildman–Crippen MR) is 82.4 cm³/mol. The van der Waals surface area contributed by atoms with Gasteiger partial charge in [0.2, 0.25) is 0 Å². The molecule has 0 aromatic carbocycles. The van der Waals surface area contributed by atoms with Crippen molar-refractivity contribution in [2.45, 2.75) is 65.7 Å². The number of aromatic nitrogens is 1. The first kappa shape index (κ1) is 14.3. The zero-order chi connectivity index (χ0) is 13.9. The largest absolute Gasteiger partial charge is 0.261 e. The third-order valence-corrected chi connectivity index (χ3v) is 4.63. The van der Waals surface area contributed by atoms with Crippen molar-refractivity contribution in [3.63, 3.8) is 0 Å². The molecule has 0 unspecified atom stereocenters. The molecule has 1 nitrogen and oxygen atoms in total. The Morgan fingerprint density at radius 3 is 2.63 bits per heavy atom. The molecule has 1 fully saturated rings. The van der Waals surface area contributed by atoms with Gasteiger partial charge in [-0.25, -0.2) is 0 Å². The highest BCUT2D eigenvalue weighted by Crippen LogP contribution is 2.55. The van der Waals surface area contributed by atoms with Crippen LogP contribution in [0.1, 0.15) is 62.8 Å². The molecule has 1 aromatic rings. The second kappa shape index (κ2) is 5.90. The van der Waals surface area contributed by atoms with Crippen molar-refractivity contribution in [3.05, 3.63) is 41.2 Å². The van der Waals surface area contributed by atoms with Gasteiger partial charge in [0.1, 0.15) is 0 Å². The maximum Gasteiger partial charge on any atom is 0.0430 e. The quantitative estimate of drug-likeness (QED) is 0.625. The van der Waals surface area contributed by atoms with Crippen LogP contribution in [0.3, 0.4) is 0 Å². The summed E-state index contributed by atoms with van der Waals surface area (Å²) in [6.07, 6.45) is 10.7. The molecule has 0 saturated heterocycles. The first-order valence-electron chi connectivity index (χ1n) is 7.74. The van der Waals surface area contributed by atoms with Crippen molar-refractivity contribution >= 4 is 0 Å². The highest BCUT2D eigenvalue weighted by Gasteiger charge is 2.43. The summed E-state index contributed by atoms with van der Waals surface area (Å²) in [5.41, 5.74) is 5.94. The van der Waals surface area contributed by atoms with E-state index in [1.54, 1.807) is 0 Å². The number of pyridine rings is 1. The molecule has 0 bridgehead atoms. The molecule has 0 spiro atoms. The number of allylic oxidation sites excluding steroid dienone is 1. The van der Waals surface area contributed by atoms with Gasteiger partial charge in [0.05, 0.1) is 0 Å². The molecule has 1 saturated carbocycles. The fourth-order valence-corrected chi connectivity index (χ4v) is 3.05. The average molecular weight is 257 g/mol. The van der Waals surface area contributed by atoms with Crippen LogP contribution in [0.4, 0.5) is 0 Å². The molecule has 1 aliphatic rings. The second-order valence-electron chi connectivity index (χ2n) is 6.09. The van der Waals surface area contributed by atoms with E-state index in [9.17, 15) is 0 Å².